The number of hydrogen-bond acceptors (Lipinski definition) is 2. The minimum Gasteiger partial charge on any atom is -0.382 e. The molecule has 0 bridgehead atoms. The average molecular weight is 210 g/mol. The number of rotatable bonds is 6. The van der Waals surface area contributed by atoms with Crippen LogP contribution in [0.25, 0.3) is 0 Å². The first-order valence-corrected chi connectivity index (χ1v) is 5.41. The van der Waals surface area contributed by atoms with E-state index in [1.807, 2.05) is 13.1 Å². The highest BCUT2D eigenvalue weighted by molar-refractivity contribution is 5.44. The summed E-state index contributed by atoms with van der Waals surface area (Å²) in [6.07, 6.45) is 1.09. The highest BCUT2D eigenvalue weighted by Gasteiger charge is 2.06. The van der Waals surface area contributed by atoms with Crippen molar-refractivity contribution >= 4 is 5.69 Å². The van der Waals surface area contributed by atoms with Gasteiger partial charge in [-0.25, -0.2) is 4.39 Å². The van der Waals surface area contributed by atoms with Gasteiger partial charge >= 0.3 is 0 Å². The largest absolute Gasteiger partial charge is 0.382 e. The van der Waals surface area contributed by atoms with Gasteiger partial charge in [0.1, 0.15) is 5.82 Å². The van der Waals surface area contributed by atoms with Gasteiger partial charge in [0.15, 0.2) is 0 Å². The van der Waals surface area contributed by atoms with Gasteiger partial charge in [0.2, 0.25) is 0 Å². The number of hydrogen-bond donors (Lipinski definition) is 2. The Morgan fingerprint density at radius 2 is 2.00 bits per heavy atom. The molecule has 3 heteroatoms. The first-order valence-electron chi connectivity index (χ1n) is 5.41. The highest BCUT2D eigenvalue weighted by atomic mass is 19.1. The SMILES string of the molecule is CCC(CNC)CNc1ccccc1F. The number of nitrogens with one attached hydrogen (secondary N) is 2. The van der Waals surface area contributed by atoms with Crippen molar-refractivity contribution in [3.63, 3.8) is 0 Å². The molecule has 2 nitrogen and oxygen atoms in total. The molecule has 1 atom stereocenters. The summed E-state index contributed by atoms with van der Waals surface area (Å²) in [7, 11) is 1.94. The van der Waals surface area contributed by atoms with Crippen LogP contribution in [0.4, 0.5) is 10.1 Å². The molecule has 0 amide bonds. The van der Waals surface area contributed by atoms with E-state index < -0.39 is 0 Å². The molecule has 0 aliphatic heterocycles. The Kier molecular flexibility index (Phi) is 5.12. The van der Waals surface area contributed by atoms with Crippen LogP contribution in [0.2, 0.25) is 0 Å². The molecule has 0 radical (unpaired) electrons. The van der Waals surface area contributed by atoms with Crippen LogP contribution < -0.4 is 10.6 Å². The fraction of sp³-hybridized carbons (Fsp3) is 0.500. The smallest absolute Gasteiger partial charge is 0.146 e. The van der Waals surface area contributed by atoms with Crippen LogP contribution in [0, 0.1) is 11.7 Å². The second kappa shape index (κ2) is 6.40. The van der Waals surface area contributed by atoms with Crippen molar-refractivity contribution in [2.24, 2.45) is 5.92 Å². The second-order valence-corrected chi connectivity index (χ2v) is 3.69. The van der Waals surface area contributed by atoms with Gasteiger partial charge in [0, 0.05) is 6.54 Å². The molecule has 1 aromatic carbocycles. The fourth-order valence-corrected chi connectivity index (χ4v) is 1.51. The molecular weight excluding hydrogens is 191 g/mol. The lowest BCUT2D eigenvalue weighted by molar-refractivity contribution is 0.505. The molecule has 0 aliphatic carbocycles. The first-order chi connectivity index (χ1) is 7.27. The molecule has 0 fully saturated rings. The van der Waals surface area contributed by atoms with Gasteiger partial charge in [0.05, 0.1) is 5.69 Å². The summed E-state index contributed by atoms with van der Waals surface area (Å²) in [6.45, 7) is 3.90. The molecule has 0 saturated carbocycles. The molecule has 0 aliphatic rings. The van der Waals surface area contributed by atoms with Gasteiger partial charge in [-0.15, -0.1) is 0 Å². The molecule has 1 aromatic rings. The molecule has 0 heterocycles. The number of para-hydroxylation sites is 1. The maximum absolute atomic E-state index is 13.3. The van der Waals surface area contributed by atoms with E-state index in [2.05, 4.69) is 17.6 Å². The Morgan fingerprint density at radius 3 is 2.60 bits per heavy atom. The summed E-state index contributed by atoms with van der Waals surface area (Å²) in [5.74, 6) is 0.353. The van der Waals surface area contributed by atoms with E-state index >= 15 is 0 Å². The molecule has 0 saturated heterocycles. The Hall–Kier alpha value is -1.09. The Morgan fingerprint density at radius 1 is 1.27 bits per heavy atom. The lowest BCUT2D eigenvalue weighted by atomic mass is 10.1. The molecule has 1 rings (SSSR count). The Labute approximate surface area is 90.9 Å². The van der Waals surface area contributed by atoms with Gasteiger partial charge in [-0.05, 0) is 31.6 Å². The minimum atomic E-state index is -0.184. The molecule has 15 heavy (non-hydrogen) atoms. The normalized spacial score (nSPS) is 12.5. The van der Waals surface area contributed by atoms with Crippen LogP contribution >= 0.6 is 0 Å². The lowest BCUT2D eigenvalue weighted by Gasteiger charge is -2.16. The fourth-order valence-electron chi connectivity index (χ4n) is 1.51. The summed E-state index contributed by atoms with van der Waals surface area (Å²) in [5.41, 5.74) is 0.590. The molecule has 0 aromatic heterocycles. The van der Waals surface area contributed by atoms with Crippen LogP contribution in [0.5, 0.6) is 0 Å². The molecule has 84 valence electrons. The zero-order valence-electron chi connectivity index (χ0n) is 9.39. The molecule has 2 N–H and O–H groups in total. The van der Waals surface area contributed by atoms with E-state index in [0.29, 0.717) is 11.6 Å². The van der Waals surface area contributed by atoms with E-state index in [-0.39, 0.29) is 5.82 Å². The number of anilines is 1. The van der Waals surface area contributed by atoms with Crippen LogP contribution in [0.15, 0.2) is 24.3 Å². The summed E-state index contributed by atoms with van der Waals surface area (Å²) >= 11 is 0. The van der Waals surface area contributed by atoms with Crippen molar-refractivity contribution < 1.29 is 4.39 Å². The monoisotopic (exact) mass is 210 g/mol. The zero-order chi connectivity index (χ0) is 11.1. The van der Waals surface area contributed by atoms with E-state index in [4.69, 9.17) is 0 Å². The maximum Gasteiger partial charge on any atom is 0.146 e. The van der Waals surface area contributed by atoms with E-state index in [9.17, 15) is 4.39 Å². The standard InChI is InChI=1S/C12H19FN2/c1-3-10(8-14-2)9-15-12-7-5-4-6-11(12)13/h4-7,10,14-15H,3,8-9H2,1-2H3. The molecular formula is C12H19FN2. The third-order valence-electron chi connectivity index (χ3n) is 2.53. The topological polar surface area (TPSA) is 24.1 Å². The van der Waals surface area contributed by atoms with Crippen molar-refractivity contribution in [1.82, 2.24) is 5.32 Å². The number of halogens is 1. The lowest BCUT2D eigenvalue weighted by Crippen LogP contribution is -2.25. The van der Waals surface area contributed by atoms with Crippen molar-refractivity contribution in [3.05, 3.63) is 30.1 Å². The summed E-state index contributed by atoms with van der Waals surface area (Å²) in [4.78, 5) is 0. The van der Waals surface area contributed by atoms with Crippen LogP contribution in [0.1, 0.15) is 13.3 Å². The highest BCUT2D eigenvalue weighted by Crippen LogP contribution is 2.13. The molecule has 0 spiro atoms. The first kappa shape index (κ1) is 12.0. The predicted octanol–water partition coefficient (Wildman–Crippen LogP) is 2.48. The van der Waals surface area contributed by atoms with E-state index in [1.54, 1.807) is 12.1 Å². The van der Waals surface area contributed by atoms with Gasteiger partial charge in [-0.1, -0.05) is 25.5 Å². The van der Waals surface area contributed by atoms with Crippen molar-refractivity contribution in [3.8, 4) is 0 Å². The summed E-state index contributed by atoms with van der Waals surface area (Å²) in [6, 6.07) is 6.78. The van der Waals surface area contributed by atoms with Crippen LogP contribution in [-0.4, -0.2) is 20.1 Å². The third-order valence-corrected chi connectivity index (χ3v) is 2.53. The van der Waals surface area contributed by atoms with E-state index in [1.165, 1.54) is 6.07 Å². The Balaban J connectivity index is 2.45. The van der Waals surface area contributed by atoms with Gasteiger partial charge < -0.3 is 10.6 Å². The van der Waals surface area contributed by atoms with Gasteiger partial charge in [-0.2, -0.15) is 0 Å². The molecule has 1 unspecified atom stereocenters. The van der Waals surface area contributed by atoms with E-state index in [0.717, 1.165) is 19.5 Å². The third kappa shape index (κ3) is 3.88. The zero-order valence-corrected chi connectivity index (χ0v) is 9.39. The van der Waals surface area contributed by atoms with Crippen LogP contribution in [-0.2, 0) is 0 Å². The number of benzene rings is 1. The quantitative estimate of drug-likeness (QED) is 0.753. The van der Waals surface area contributed by atoms with Crippen molar-refractivity contribution in [2.75, 3.05) is 25.5 Å². The summed E-state index contributed by atoms with van der Waals surface area (Å²) < 4.78 is 13.3. The minimum absolute atomic E-state index is 0.184. The predicted molar refractivity (Wildman–Crippen MR) is 62.6 cm³/mol. The van der Waals surface area contributed by atoms with Gasteiger partial charge in [0.25, 0.3) is 0 Å². The second-order valence-electron chi connectivity index (χ2n) is 3.69. The summed E-state index contributed by atoms with van der Waals surface area (Å²) in [5, 5.41) is 6.27. The van der Waals surface area contributed by atoms with Crippen LogP contribution in [0.3, 0.4) is 0 Å². The maximum atomic E-state index is 13.3. The van der Waals surface area contributed by atoms with Crippen molar-refractivity contribution in [1.29, 1.82) is 0 Å². The Bertz CT molecular complexity index is 289. The average Bonchev–Trinajstić information content (AvgIpc) is 2.26. The van der Waals surface area contributed by atoms with Crippen molar-refractivity contribution in [2.45, 2.75) is 13.3 Å². The van der Waals surface area contributed by atoms with Gasteiger partial charge in [-0.3, -0.25) is 0 Å².